The van der Waals surface area contributed by atoms with Crippen LogP contribution in [0.5, 0.6) is 5.75 Å². The topological polar surface area (TPSA) is 87.7 Å². The average Bonchev–Trinajstić information content (AvgIpc) is 2.96. The molecule has 4 amide bonds. The van der Waals surface area contributed by atoms with Crippen LogP contribution < -0.4 is 15.4 Å². The van der Waals surface area contributed by atoms with Crippen molar-refractivity contribution in [1.82, 2.24) is 15.5 Å². The Labute approximate surface area is 165 Å². The fourth-order valence-electron chi connectivity index (χ4n) is 3.92. The van der Waals surface area contributed by atoms with Gasteiger partial charge in [0.15, 0.2) is 0 Å². The lowest BCUT2D eigenvalue weighted by molar-refractivity contribution is -0.128. The zero-order valence-electron chi connectivity index (χ0n) is 16.6. The summed E-state index contributed by atoms with van der Waals surface area (Å²) >= 11 is 0. The molecule has 28 heavy (non-hydrogen) atoms. The molecular weight excluding hydrogens is 358 g/mol. The van der Waals surface area contributed by atoms with E-state index in [1.807, 2.05) is 12.1 Å². The first-order valence-electron chi connectivity index (χ1n) is 10.0. The van der Waals surface area contributed by atoms with Gasteiger partial charge in [0.2, 0.25) is 5.91 Å². The molecule has 152 valence electrons. The first kappa shape index (κ1) is 20.2. The third kappa shape index (κ3) is 4.82. The molecule has 0 radical (unpaired) electrons. The molecule has 3 rings (SSSR count). The number of hydrogen-bond acceptors (Lipinski definition) is 4. The summed E-state index contributed by atoms with van der Waals surface area (Å²) in [4.78, 5) is 38.3. The van der Waals surface area contributed by atoms with Crippen molar-refractivity contribution in [3.8, 4) is 5.75 Å². The number of hydrogen-bond donors (Lipinski definition) is 2. The van der Waals surface area contributed by atoms with Crippen molar-refractivity contribution in [2.75, 3.05) is 7.11 Å². The fraction of sp³-hybridized carbons (Fsp3) is 0.571. The Bertz CT molecular complexity index is 719. The molecule has 2 N–H and O–H groups in total. The van der Waals surface area contributed by atoms with Crippen LogP contribution in [0, 0.1) is 5.92 Å². The van der Waals surface area contributed by atoms with Crippen molar-refractivity contribution in [1.29, 1.82) is 0 Å². The summed E-state index contributed by atoms with van der Waals surface area (Å²) in [5.74, 6) is 0.886. The Morgan fingerprint density at radius 3 is 2.61 bits per heavy atom. The second kappa shape index (κ2) is 9.08. The van der Waals surface area contributed by atoms with E-state index < -0.39 is 12.1 Å². The molecule has 7 heteroatoms. The van der Waals surface area contributed by atoms with Gasteiger partial charge in [-0.2, -0.15) is 0 Å². The maximum absolute atomic E-state index is 12.6. The van der Waals surface area contributed by atoms with Crippen molar-refractivity contribution in [2.45, 2.75) is 64.1 Å². The van der Waals surface area contributed by atoms with E-state index in [0.717, 1.165) is 30.6 Å². The van der Waals surface area contributed by atoms with Crippen LogP contribution in [0.2, 0.25) is 0 Å². The van der Waals surface area contributed by atoms with E-state index in [4.69, 9.17) is 4.74 Å². The number of amides is 4. The maximum Gasteiger partial charge on any atom is 0.325 e. The van der Waals surface area contributed by atoms with Crippen LogP contribution in [-0.4, -0.2) is 41.9 Å². The molecule has 0 spiro atoms. The van der Waals surface area contributed by atoms with Gasteiger partial charge in [0.05, 0.1) is 13.7 Å². The zero-order chi connectivity index (χ0) is 20.1. The lowest BCUT2D eigenvalue weighted by atomic mass is 9.86. The number of carbonyl (C=O) groups is 3. The van der Waals surface area contributed by atoms with Crippen LogP contribution in [0.1, 0.15) is 51.0 Å². The Balaban J connectivity index is 1.49. The summed E-state index contributed by atoms with van der Waals surface area (Å²) in [6, 6.07) is 6.41. The van der Waals surface area contributed by atoms with Crippen LogP contribution >= 0.6 is 0 Å². The van der Waals surface area contributed by atoms with Gasteiger partial charge in [0.25, 0.3) is 5.91 Å². The molecule has 1 aliphatic carbocycles. The molecule has 0 bridgehead atoms. The Morgan fingerprint density at radius 2 is 1.93 bits per heavy atom. The minimum Gasteiger partial charge on any atom is -0.497 e. The number of urea groups is 1. The van der Waals surface area contributed by atoms with E-state index in [0.29, 0.717) is 12.3 Å². The highest BCUT2D eigenvalue weighted by atomic mass is 16.5. The highest BCUT2D eigenvalue weighted by Gasteiger charge is 2.38. The van der Waals surface area contributed by atoms with Crippen LogP contribution in [0.25, 0.3) is 0 Å². The number of benzene rings is 1. The number of nitrogens with zero attached hydrogens (tertiary/aromatic N) is 1. The van der Waals surface area contributed by atoms with Gasteiger partial charge < -0.3 is 15.4 Å². The second-order valence-electron chi connectivity index (χ2n) is 7.75. The zero-order valence-corrected chi connectivity index (χ0v) is 16.6. The number of rotatable bonds is 7. The smallest absolute Gasteiger partial charge is 0.325 e. The van der Waals surface area contributed by atoms with Crippen LogP contribution in [0.3, 0.4) is 0 Å². The third-order valence-electron chi connectivity index (χ3n) is 5.72. The highest BCUT2D eigenvalue weighted by Crippen LogP contribution is 2.24. The normalized spacial score (nSPS) is 24.8. The van der Waals surface area contributed by atoms with Crippen LogP contribution in [0.15, 0.2) is 24.3 Å². The lowest BCUT2D eigenvalue weighted by Crippen LogP contribution is -2.41. The van der Waals surface area contributed by atoms with Gasteiger partial charge in [-0.3, -0.25) is 14.5 Å². The summed E-state index contributed by atoms with van der Waals surface area (Å²) in [6.45, 7) is 2.37. The van der Waals surface area contributed by atoms with Gasteiger partial charge >= 0.3 is 6.03 Å². The quantitative estimate of drug-likeness (QED) is 0.704. The number of carbonyl (C=O) groups excluding carboxylic acids is 3. The first-order valence-corrected chi connectivity index (χ1v) is 10.0. The molecule has 1 saturated heterocycles. The summed E-state index contributed by atoms with van der Waals surface area (Å²) in [5, 5.41) is 5.79. The summed E-state index contributed by atoms with van der Waals surface area (Å²) in [6.07, 6.45) is 5.07. The second-order valence-corrected chi connectivity index (χ2v) is 7.75. The predicted molar refractivity (Wildman–Crippen MR) is 105 cm³/mol. The van der Waals surface area contributed by atoms with Crippen LogP contribution in [0.4, 0.5) is 4.79 Å². The molecule has 0 aromatic heterocycles. The standard InChI is InChI=1S/C21H29N3O4/c1-14-5-3-4-6-17(14)22-19(25)12-11-18-20(26)24(21(27)23-18)13-15-7-9-16(28-2)10-8-15/h7-10,14,17-18H,3-6,11-13H2,1-2H3,(H,22,25)(H,23,27)/t14-,17+,18-/m0/s1. The predicted octanol–water partition coefficient (Wildman–Crippen LogP) is 2.59. The Morgan fingerprint density at radius 1 is 1.21 bits per heavy atom. The van der Waals surface area contributed by atoms with Gasteiger partial charge in [0, 0.05) is 12.5 Å². The van der Waals surface area contributed by atoms with Gasteiger partial charge in [-0.25, -0.2) is 4.79 Å². The van der Waals surface area contributed by atoms with Crippen molar-refractivity contribution >= 4 is 17.8 Å². The molecule has 1 saturated carbocycles. The largest absolute Gasteiger partial charge is 0.497 e. The van der Waals surface area contributed by atoms with Crippen molar-refractivity contribution in [3.63, 3.8) is 0 Å². The molecular formula is C21H29N3O4. The molecule has 0 unspecified atom stereocenters. The number of imide groups is 1. The number of nitrogens with one attached hydrogen (secondary N) is 2. The fourth-order valence-corrected chi connectivity index (χ4v) is 3.92. The third-order valence-corrected chi connectivity index (χ3v) is 5.72. The Kier molecular flexibility index (Phi) is 6.54. The van der Waals surface area contributed by atoms with E-state index in [2.05, 4.69) is 17.6 Å². The van der Waals surface area contributed by atoms with Crippen molar-refractivity contribution in [3.05, 3.63) is 29.8 Å². The Hall–Kier alpha value is -2.57. The molecule has 3 atom stereocenters. The SMILES string of the molecule is COc1ccc(CN2C(=O)N[C@@H](CCC(=O)N[C@@H]3CCCC[C@@H]3C)C2=O)cc1. The minimum atomic E-state index is -0.639. The molecule has 2 aliphatic rings. The molecule has 1 aliphatic heterocycles. The monoisotopic (exact) mass is 387 g/mol. The van der Waals surface area contributed by atoms with Gasteiger partial charge in [-0.05, 0) is 42.9 Å². The average molecular weight is 387 g/mol. The lowest BCUT2D eigenvalue weighted by Gasteiger charge is -2.29. The van der Waals surface area contributed by atoms with Crippen molar-refractivity contribution < 1.29 is 19.1 Å². The van der Waals surface area contributed by atoms with Gasteiger partial charge in [-0.1, -0.05) is 31.9 Å². The van der Waals surface area contributed by atoms with Crippen molar-refractivity contribution in [2.24, 2.45) is 5.92 Å². The van der Waals surface area contributed by atoms with E-state index >= 15 is 0 Å². The molecule has 1 aromatic rings. The van der Waals surface area contributed by atoms with E-state index in [9.17, 15) is 14.4 Å². The molecule has 7 nitrogen and oxygen atoms in total. The first-order chi connectivity index (χ1) is 13.5. The number of methoxy groups -OCH3 is 1. The molecule has 2 fully saturated rings. The van der Waals surface area contributed by atoms with Crippen LogP contribution in [-0.2, 0) is 16.1 Å². The summed E-state index contributed by atoms with van der Waals surface area (Å²) < 4.78 is 5.12. The van der Waals surface area contributed by atoms with E-state index in [1.165, 1.54) is 11.3 Å². The summed E-state index contributed by atoms with van der Waals surface area (Å²) in [7, 11) is 1.59. The highest BCUT2D eigenvalue weighted by molar-refractivity contribution is 6.04. The van der Waals surface area contributed by atoms with E-state index in [1.54, 1.807) is 19.2 Å². The minimum absolute atomic E-state index is 0.0468. The number of ether oxygens (including phenoxy) is 1. The molecule has 1 heterocycles. The van der Waals surface area contributed by atoms with E-state index in [-0.39, 0.29) is 30.8 Å². The molecule has 1 aromatic carbocycles. The summed E-state index contributed by atoms with van der Waals surface area (Å²) in [5.41, 5.74) is 0.842. The van der Waals surface area contributed by atoms with Gasteiger partial charge in [-0.15, -0.1) is 0 Å². The maximum atomic E-state index is 12.6. The van der Waals surface area contributed by atoms with Gasteiger partial charge in [0.1, 0.15) is 11.8 Å².